The average molecular weight is 283 g/mol. The maximum Gasteiger partial charge on any atom is 0.349 e. The number of carbonyl (C=O) groups excluding carboxylic acids is 1. The van der Waals surface area contributed by atoms with Crippen molar-refractivity contribution in [3.63, 3.8) is 0 Å². The molecule has 0 radical (unpaired) electrons. The van der Waals surface area contributed by atoms with Crippen LogP contribution in [0.3, 0.4) is 0 Å². The zero-order valence-electron chi connectivity index (χ0n) is 10.7. The summed E-state index contributed by atoms with van der Waals surface area (Å²) in [5, 5.41) is 10.7. The minimum atomic E-state index is -3.77. The molecule has 0 saturated carbocycles. The van der Waals surface area contributed by atoms with Gasteiger partial charge in [0, 0.05) is 5.56 Å². The van der Waals surface area contributed by atoms with Crippen LogP contribution in [0.5, 0.6) is 0 Å². The average Bonchev–Trinajstić information content (AvgIpc) is 2.43. The number of amides is 1. The Hall–Kier alpha value is -2.24. The van der Waals surface area contributed by atoms with Gasteiger partial charge in [-0.1, -0.05) is 36.4 Å². The first-order valence-electron chi connectivity index (χ1n) is 5.97. The molecule has 1 amide bonds. The summed E-state index contributed by atoms with van der Waals surface area (Å²) in [6.07, 6.45) is 1.76. The molecule has 2 N–H and O–H groups in total. The lowest BCUT2D eigenvalue weighted by atomic mass is 10.1. The maximum absolute atomic E-state index is 13.9. The van der Waals surface area contributed by atoms with Crippen molar-refractivity contribution >= 4 is 11.9 Å². The van der Waals surface area contributed by atoms with Crippen LogP contribution >= 0.6 is 0 Å². The van der Waals surface area contributed by atoms with Crippen molar-refractivity contribution in [3.05, 3.63) is 48.6 Å². The smallest absolute Gasteiger partial charge is 0.349 e. The molecule has 108 valence electrons. The lowest BCUT2D eigenvalue weighted by molar-refractivity contribution is -0.152. The third-order valence-corrected chi connectivity index (χ3v) is 2.68. The first-order valence-corrected chi connectivity index (χ1v) is 5.97. The van der Waals surface area contributed by atoms with Crippen molar-refractivity contribution < 1.29 is 23.5 Å². The van der Waals surface area contributed by atoms with E-state index in [-0.39, 0.29) is 6.42 Å². The molecule has 0 bridgehead atoms. The highest BCUT2D eigenvalue weighted by atomic mass is 19.3. The summed E-state index contributed by atoms with van der Waals surface area (Å²) in [4.78, 5) is 22.5. The van der Waals surface area contributed by atoms with Crippen molar-refractivity contribution in [3.8, 4) is 0 Å². The first-order chi connectivity index (χ1) is 9.39. The van der Waals surface area contributed by atoms with Gasteiger partial charge in [0.05, 0.1) is 0 Å². The van der Waals surface area contributed by atoms with E-state index in [1.165, 1.54) is 18.2 Å². The Labute approximate surface area is 115 Å². The highest BCUT2D eigenvalue weighted by Crippen LogP contribution is 2.28. The van der Waals surface area contributed by atoms with Crippen LogP contribution in [-0.2, 0) is 15.5 Å². The van der Waals surface area contributed by atoms with Crippen molar-refractivity contribution in [2.45, 2.75) is 24.8 Å². The second kappa shape index (κ2) is 6.79. The molecule has 0 saturated heterocycles. The van der Waals surface area contributed by atoms with Crippen molar-refractivity contribution in [2.24, 2.45) is 0 Å². The number of aliphatic carboxylic acids is 1. The minimum absolute atomic E-state index is 0.00937. The monoisotopic (exact) mass is 283 g/mol. The summed E-state index contributed by atoms with van der Waals surface area (Å²) in [6.45, 7) is 3.41. The molecule has 4 nitrogen and oxygen atoms in total. The Morgan fingerprint density at radius 2 is 1.95 bits per heavy atom. The van der Waals surface area contributed by atoms with E-state index in [1.807, 2.05) is 5.32 Å². The van der Waals surface area contributed by atoms with Gasteiger partial charge in [-0.2, -0.15) is 8.78 Å². The number of rotatable bonds is 7. The molecule has 0 aliphatic rings. The lowest BCUT2D eigenvalue weighted by Gasteiger charge is -2.19. The largest absolute Gasteiger partial charge is 0.480 e. The quantitative estimate of drug-likeness (QED) is 0.755. The number of carbonyl (C=O) groups is 2. The summed E-state index contributed by atoms with van der Waals surface area (Å²) in [5.74, 6) is -6.76. The van der Waals surface area contributed by atoms with Crippen LogP contribution < -0.4 is 5.32 Å². The molecule has 1 atom stereocenters. The molecule has 0 aliphatic heterocycles. The minimum Gasteiger partial charge on any atom is -0.480 e. The molecule has 1 unspecified atom stereocenters. The Morgan fingerprint density at radius 1 is 1.35 bits per heavy atom. The van der Waals surface area contributed by atoms with Gasteiger partial charge in [0.1, 0.15) is 6.04 Å². The highest BCUT2D eigenvalue weighted by Gasteiger charge is 2.42. The summed E-state index contributed by atoms with van der Waals surface area (Å²) in [7, 11) is 0. The predicted octanol–water partition coefficient (Wildman–Crippen LogP) is 2.31. The van der Waals surface area contributed by atoms with Crippen LogP contribution in [-0.4, -0.2) is 23.0 Å². The lowest BCUT2D eigenvalue weighted by Crippen LogP contribution is -2.47. The van der Waals surface area contributed by atoms with Gasteiger partial charge < -0.3 is 10.4 Å². The van der Waals surface area contributed by atoms with Gasteiger partial charge >= 0.3 is 11.9 Å². The van der Waals surface area contributed by atoms with Crippen LogP contribution in [0.4, 0.5) is 8.78 Å². The fourth-order valence-electron chi connectivity index (χ4n) is 1.57. The van der Waals surface area contributed by atoms with Gasteiger partial charge in [0.15, 0.2) is 0 Å². The Morgan fingerprint density at radius 3 is 2.45 bits per heavy atom. The molecule has 0 heterocycles. The number of alkyl halides is 2. The summed E-state index contributed by atoms with van der Waals surface area (Å²) >= 11 is 0. The van der Waals surface area contributed by atoms with Crippen LogP contribution in [0.15, 0.2) is 43.0 Å². The molecule has 6 heteroatoms. The van der Waals surface area contributed by atoms with Gasteiger partial charge in [0.2, 0.25) is 0 Å². The highest BCUT2D eigenvalue weighted by molar-refractivity contribution is 5.88. The third-order valence-electron chi connectivity index (χ3n) is 2.68. The summed E-state index contributed by atoms with van der Waals surface area (Å²) in [6, 6.07) is 5.15. The number of halogens is 2. The molecular weight excluding hydrogens is 268 g/mol. The molecule has 1 rings (SSSR count). The Bertz CT molecular complexity index is 488. The number of carboxylic acid groups (broad SMARTS) is 1. The normalized spacial score (nSPS) is 12.5. The molecule has 1 aromatic rings. The topological polar surface area (TPSA) is 66.4 Å². The van der Waals surface area contributed by atoms with E-state index < -0.39 is 29.4 Å². The van der Waals surface area contributed by atoms with E-state index in [9.17, 15) is 18.4 Å². The third kappa shape index (κ3) is 3.88. The van der Waals surface area contributed by atoms with Gasteiger partial charge in [0.25, 0.3) is 5.91 Å². The number of hydrogen-bond donors (Lipinski definition) is 2. The van der Waals surface area contributed by atoms with E-state index >= 15 is 0 Å². The van der Waals surface area contributed by atoms with Crippen LogP contribution in [0.2, 0.25) is 0 Å². The zero-order valence-corrected chi connectivity index (χ0v) is 10.7. The standard InChI is InChI=1S/C14H15F2NO3/c1-2-3-9-11(12(18)19)17-13(20)14(15,16)10-7-5-4-6-8-10/h2,4-8,11H,1,3,9H2,(H,17,20)(H,18,19). The molecule has 0 spiro atoms. The van der Waals surface area contributed by atoms with Gasteiger partial charge in [-0.25, -0.2) is 4.79 Å². The maximum atomic E-state index is 13.9. The molecule has 0 fully saturated rings. The summed E-state index contributed by atoms with van der Waals surface area (Å²) in [5.41, 5.74) is -0.481. The predicted molar refractivity (Wildman–Crippen MR) is 69.3 cm³/mol. The number of carboxylic acids is 1. The molecular formula is C14H15F2NO3. The zero-order chi connectivity index (χ0) is 15.2. The van der Waals surface area contributed by atoms with Gasteiger partial charge in [-0.15, -0.1) is 6.58 Å². The second-order valence-electron chi connectivity index (χ2n) is 4.17. The molecule has 0 aliphatic carbocycles. The van der Waals surface area contributed by atoms with E-state index in [1.54, 1.807) is 6.07 Å². The van der Waals surface area contributed by atoms with Crippen LogP contribution in [0, 0.1) is 0 Å². The number of nitrogens with one attached hydrogen (secondary N) is 1. The van der Waals surface area contributed by atoms with E-state index in [0.29, 0.717) is 6.42 Å². The van der Waals surface area contributed by atoms with E-state index in [0.717, 1.165) is 12.1 Å². The van der Waals surface area contributed by atoms with E-state index in [4.69, 9.17) is 5.11 Å². The van der Waals surface area contributed by atoms with Gasteiger partial charge in [-0.05, 0) is 12.8 Å². The summed E-state index contributed by atoms with van der Waals surface area (Å²) < 4.78 is 27.7. The molecule has 20 heavy (non-hydrogen) atoms. The fourth-order valence-corrected chi connectivity index (χ4v) is 1.57. The van der Waals surface area contributed by atoms with Crippen LogP contribution in [0.25, 0.3) is 0 Å². The van der Waals surface area contributed by atoms with Crippen molar-refractivity contribution in [1.82, 2.24) is 5.32 Å². The Balaban J connectivity index is 2.82. The van der Waals surface area contributed by atoms with Gasteiger partial charge in [-0.3, -0.25) is 4.79 Å². The van der Waals surface area contributed by atoms with Crippen LogP contribution in [0.1, 0.15) is 18.4 Å². The van der Waals surface area contributed by atoms with E-state index in [2.05, 4.69) is 6.58 Å². The van der Waals surface area contributed by atoms with Crippen molar-refractivity contribution in [1.29, 1.82) is 0 Å². The molecule has 0 aromatic heterocycles. The number of benzene rings is 1. The molecule has 1 aromatic carbocycles. The van der Waals surface area contributed by atoms with Crippen molar-refractivity contribution in [2.75, 3.05) is 0 Å². The Kier molecular flexibility index (Phi) is 5.37. The SMILES string of the molecule is C=CCCC(NC(=O)C(F)(F)c1ccccc1)C(=O)O. The first kappa shape index (κ1) is 15.8. The second-order valence-corrected chi connectivity index (χ2v) is 4.17. The number of hydrogen-bond acceptors (Lipinski definition) is 2. The number of allylic oxidation sites excluding steroid dienone is 1. The fraction of sp³-hybridized carbons (Fsp3) is 0.286.